The van der Waals surface area contributed by atoms with Crippen LogP contribution < -0.4 is 10.5 Å². The highest BCUT2D eigenvalue weighted by molar-refractivity contribution is 7.89. The summed E-state index contributed by atoms with van der Waals surface area (Å²) in [5, 5.41) is 4.00. The van der Waals surface area contributed by atoms with Crippen LogP contribution in [0.25, 0.3) is 5.69 Å². The van der Waals surface area contributed by atoms with Gasteiger partial charge in [-0.15, -0.1) is 12.4 Å². The lowest BCUT2D eigenvalue weighted by molar-refractivity contribution is 0.574. The maximum absolute atomic E-state index is 14.1. The minimum absolute atomic E-state index is 0. The number of nitrogens with zero attached hydrogens (tertiary/aromatic N) is 2. The Kier molecular flexibility index (Phi) is 6.48. The summed E-state index contributed by atoms with van der Waals surface area (Å²) in [4.78, 5) is -0.121. The van der Waals surface area contributed by atoms with Crippen molar-refractivity contribution in [1.82, 2.24) is 14.5 Å². The van der Waals surface area contributed by atoms with E-state index in [1.807, 2.05) is 6.92 Å². The first-order chi connectivity index (χ1) is 9.94. The van der Waals surface area contributed by atoms with Gasteiger partial charge in [-0.2, -0.15) is 5.10 Å². The molecule has 0 saturated carbocycles. The van der Waals surface area contributed by atoms with Gasteiger partial charge in [-0.1, -0.05) is 0 Å². The third-order valence-corrected chi connectivity index (χ3v) is 4.32. The van der Waals surface area contributed by atoms with Crippen LogP contribution in [0.2, 0.25) is 0 Å². The summed E-state index contributed by atoms with van der Waals surface area (Å²) in [5.74, 6) is -0.653. The summed E-state index contributed by atoms with van der Waals surface area (Å²) in [6, 6.07) is 3.72. The zero-order valence-electron chi connectivity index (χ0n) is 12.0. The molecule has 3 N–H and O–H groups in total. The first-order valence-electron chi connectivity index (χ1n) is 6.45. The van der Waals surface area contributed by atoms with Gasteiger partial charge in [0.05, 0.1) is 11.1 Å². The molecule has 0 aliphatic carbocycles. The molecule has 0 unspecified atom stereocenters. The Morgan fingerprint density at radius 3 is 2.68 bits per heavy atom. The molecule has 2 rings (SSSR count). The summed E-state index contributed by atoms with van der Waals surface area (Å²) in [6.45, 7) is 2.44. The van der Waals surface area contributed by atoms with E-state index in [9.17, 15) is 12.8 Å². The quantitative estimate of drug-likeness (QED) is 0.771. The first kappa shape index (κ1) is 18.6. The Balaban J connectivity index is 0.00000242. The van der Waals surface area contributed by atoms with Gasteiger partial charge >= 0.3 is 0 Å². The average Bonchev–Trinajstić information content (AvgIpc) is 2.85. The standard InChI is InChI=1S/C13H17FN4O2S.ClH/c1-10-8-16-18(9-10)13-4-3-11(7-12(13)14)21(19,20)17-6-2-5-15;/h3-4,7-9,17H,2,5-6,15H2,1H3;1H. The fourth-order valence-electron chi connectivity index (χ4n) is 1.78. The van der Waals surface area contributed by atoms with Crippen molar-refractivity contribution >= 4 is 22.4 Å². The molecular formula is C13H18ClFN4O2S. The van der Waals surface area contributed by atoms with Crippen LogP contribution in [0.5, 0.6) is 0 Å². The van der Waals surface area contributed by atoms with Gasteiger partial charge in [0.2, 0.25) is 10.0 Å². The second-order valence-corrected chi connectivity index (χ2v) is 6.38. The lowest BCUT2D eigenvalue weighted by Crippen LogP contribution is -2.26. The van der Waals surface area contributed by atoms with Crippen molar-refractivity contribution in [2.24, 2.45) is 5.73 Å². The third-order valence-electron chi connectivity index (χ3n) is 2.86. The van der Waals surface area contributed by atoms with Crippen LogP contribution >= 0.6 is 12.4 Å². The number of halogens is 2. The van der Waals surface area contributed by atoms with Gasteiger partial charge in [-0.3, -0.25) is 0 Å². The molecule has 0 bridgehead atoms. The number of nitrogens with one attached hydrogen (secondary N) is 1. The number of aryl methyl sites for hydroxylation is 1. The van der Waals surface area contributed by atoms with Crippen molar-refractivity contribution in [2.45, 2.75) is 18.2 Å². The Bertz CT molecular complexity index is 733. The number of sulfonamides is 1. The summed E-state index contributed by atoms with van der Waals surface area (Å²) < 4.78 is 41.8. The van der Waals surface area contributed by atoms with E-state index >= 15 is 0 Å². The van der Waals surface area contributed by atoms with Gasteiger partial charge in [0.15, 0.2) is 0 Å². The SMILES string of the molecule is Cc1cnn(-c2ccc(S(=O)(=O)NCCCN)cc2F)c1.Cl. The third kappa shape index (κ3) is 4.26. The molecule has 0 spiro atoms. The molecule has 0 saturated heterocycles. The molecule has 0 amide bonds. The van der Waals surface area contributed by atoms with Crippen molar-refractivity contribution in [1.29, 1.82) is 0 Å². The van der Waals surface area contributed by atoms with E-state index in [1.54, 1.807) is 12.4 Å². The van der Waals surface area contributed by atoms with E-state index in [4.69, 9.17) is 5.73 Å². The van der Waals surface area contributed by atoms with Crippen LogP contribution in [0, 0.1) is 12.7 Å². The maximum atomic E-state index is 14.1. The van der Waals surface area contributed by atoms with Crippen LogP contribution in [0.15, 0.2) is 35.5 Å². The molecular weight excluding hydrogens is 331 g/mol. The number of hydrogen-bond acceptors (Lipinski definition) is 4. The molecule has 0 aliphatic rings. The predicted octanol–water partition coefficient (Wildman–Crippen LogP) is 1.37. The monoisotopic (exact) mass is 348 g/mol. The number of aromatic nitrogens is 2. The topological polar surface area (TPSA) is 90.0 Å². The highest BCUT2D eigenvalue weighted by Gasteiger charge is 2.16. The van der Waals surface area contributed by atoms with Crippen molar-refractivity contribution in [3.8, 4) is 5.69 Å². The molecule has 1 aromatic heterocycles. The predicted molar refractivity (Wildman–Crippen MR) is 84.4 cm³/mol. The molecule has 2 aromatic rings. The van der Waals surface area contributed by atoms with Crippen molar-refractivity contribution < 1.29 is 12.8 Å². The molecule has 0 atom stereocenters. The Labute approximate surface area is 135 Å². The molecule has 1 aromatic carbocycles. The van der Waals surface area contributed by atoms with Gasteiger partial charge in [0, 0.05) is 12.7 Å². The molecule has 0 aliphatic heterocycles. The lowest BCUT2D eigenvalue weighted by Gasteiger charge is -2.08. The summed E-state index contributed by atoms with van der Waals surface area (Å²) >= 11 is 0. The van der Waals surface area contributed by atoms with Crippen molar-refractivity contribution in [3.63, 3.8) is 0 Å². The lowest BCUT2D eigenvalue weighted by atomic mass is 10.3. The average molecular weight is 349 g/mol. The van der Waals surface area contributed by atoms with Gasteiger partial charge < -0.3 is 5.73 Å². The Morgan fingerprint density at radius 1 is 1.41 bits per heavy atom. The first-order valence-corrected chi connectivity index (χ1v) is 7.93. The smallest absolute Gasteiger partial charge is 0.240 e. The fourth-order valence-corrected chi connectivity index (χ4v) is 2.86. The van der Waals surface area contributed by atoms with E-state index in [1.165, 1.54) is 16.8 Å². The second kappa shape index (κ2) is 7.68. The number of benzene rings is 1. The molecule has 0 radical (unpaired) electrons. The summed E-state index contributed by atoms with van der Waals surface area (Å²) in [7, 11) is -3.72. The minimum atomic E-state index is -3.72. The normalized spacial score (nSPS) is 11.2. The van der Waals surface area contributed by atoms with Crippen LogP contribution in [-0.2, 0) is 10.0 Å². The largest absolute Gasteiger partial charge is 0.330 e. The zero-order valence-corrected chi connectivity index (χ0v) is 13.6. The molecule has 22 heavy (non-hydrogen) atoms. The van der Waals surface area contributed by atoms with Gasteiger partial charge in [0.25, 0.3) is 0 Å². The molecule has 122 valence electrons. The molecule has 6 nitrogen and oxygen atoms in total. The molecule has 9 heteroatoms. The number of rotatable bonds is 6. The van der Waals surface area contributed by atoms with E-state index in [0.29, 0.717) is 13.0 Å². The van der Waals surface area contributed by atoms with Crippen molar-refractivity contribution in [3.05, 3.63) is 42.0 Å². The van der Waals surface area contributed by atoms with Crippen molar-refractivity contribution in [2.75, 3.05) is 13.1 Å². The molecule has 0 fully saturated rings. The highest BCUT2D eigenvalue weighted by Crippen LogP contribution is 2.18. The minimum Gasteiger partial charge on any atom is -0.330 e. The fraction of sp³-hybridized carbons (Fsp3) is 0.308. The van der Waals surface area contributed by atoms with Crippen LogP contribution in [0.1, 0.15) is 12.0 Å². The van der Waals surface area contributed by atoms with Crippen LogP contribution in [0.4, 0.5) is 4.39 Å². The second-order valence-electron chi connectivity index (χ2n) is 4.62. The summed E-state index contributed by atoms with van der Waals surface area (Å²) in [5.41, 5.74) is 6.38. The maximum Gasteiger partial charge on any atom is 0.240 e. The van der Waals surface area contributed by atoms with E-state index in [-0.39, 0.29) is 29.5 Å². The van der Waals surface area contributed by atoms with Gasteiger partial charge in [-0.25, -0.2) is 22.2 Å². The van der Waals surface area contributed by atoms with E-state index < -0.39 is 15.8 Å². The highest BCUT2D eigenvalue weighted by atomic mass is 35.5. The number of hydrogen-bond donors (Lipinski definition) is 2. The van der Waals surface area contributed by atoms with Crippen LogP contribution in [-0.4, -0.2) is 31.3 Å². The van der Waals surface area contributed by atoms with E-state index in [0.717, 1.165) is 11.6 Å². The van der Waals surface area contributed by atoms with E-state index in [2.05, 4.69) is 9.82 Å². The van der Waals surface area contributed by atoms with Gasteiger partial charge in [0.1, 0.15) is 11.5 Å². The Morgan fingerprint density at radius 2 is 2.14 bits per heavy atom. The Hall–Kier alpha value is -1.48. The number of nitrogens with two attached hydrogens (primary N) is 1. The summed E-state index contributed by atoms with van der Waals surface area (Å²) in [6.07, 6.45) is 3.77. The van der Waals surface area contributed by atoms with Crippen LogP contribution in [0.3, 0.4) is 0 Å². The molecule has 1 heterocycles. The van der Waals surface area contributed by atoms with Gasteiger partial charge in [-0.05, 0) is 43.7 Å². The zero-order chi connectivity index (χ0) is 15.5.